The Morgan fingerprint density at radius 3 is 2.89 bits per heavy atom. The largest absolute Gasteiger partial charge is 0.393 e. The molecule has 1 fully saturated rings. The predicted molar refractivity (Wildman–Crippen MR) is 73.6 cm³/mol. The quantitative estimate of drug-likeness (QED) is 0.779. The van der Waals surface area contributed by atoms with Crippen LogP contribution in [-0.4, -0.2) is 39.3 Å². The molecule has 3 N–H and O–H groups in total. The third-order valence-electron chi connectivity index (χ3n) is 3.31. The van der Waals surface area contributed by atoms with Crippen molar-refractivity contribution in [3.05, 3.63) is 30.9 Å². The van der Waals surface area contributed by atoms with Gasteiger partial charge in [0.05, 0.1) is 11.8 Å². The molecule has 0 spiro atoms. The summed E-state index contributed by atoms with van der Waals surface area (Å²) in [7, 11) is 0. The predicted octanol–water partition coefficient (Wildman–Crippen LogP) is 1.51. The van der Waals surface area contributed by atoms with Gasteiger partial charge in [-0.05, 0) is 18.9 Å². The van der Waals surface area contributed by atoms with E-state index in [9.17, 15) is 5.11 Å². The minimum atomic E-state index is -0.171. The van der Waals surface area contributed by atoms with Crippen molar-refractivity contribution in [1.82, 2.24) is 15.0 Å². The highest BCUT2D eigenvalue weighted by atomic mass is 16.3. The molecule has 0 radical (unpaired) electrons. The maximum absolute atomic E-state index is 9.52. The first-order chi connectivity index (χ1) is 9.31. The summed E-state index contributed by atoms with van der Waals surface area (Å²) in [5, 5.41) is 12.7. The van der Waals surface area contributed by atoms with Gasteiger partial charge in [0.25, 0.3) is 0 Å². The fourth-order valence-corrected chi connectivity index (χ4v) is 2.23. The third kappa shape index (κ3) is 2.85. The van der Waals surface area contributed by atoms with Crippen LogP contribution < -0.4 is 10.2 Å². The van der Waals surface area contributed by atoms with E-state index in [-0.39, 0.29) is 6.10 Å². The van der Waals surface area contributed by atoms with E-state index in [0.717, 1.165) is 43.3 Å². The maximum Gasteiger partial charge on any atom is 0.135 e. The Morgan fingerprint density at radius 2 is 2.16 bits per heavy atom. The molecule has 6 heteroatoms. The van der Waals surface area contributed by atoms with Gasteiger partial charge < -0.3 is 20.3 Å². The second-order valence-corrected chi connectivity index (χ2v) is 4.70. The van der Waals surface area contributed by atoms with Crippen molar-refractivity contribution in [1.29, 1.82) is 0 Å². The molecule has 0 aliphatic carbocycles. The topological polar surface area (TPSA) is 77.1 Å². The average molecular weight is 259 g/mol. The number of piperidine rings is 1. The van der Waals surface area contributed by atoms with Gasteiger partial charge in [0.15, 0.2) is 0 Å². The van der Waals surface area contributed by atoms with Crippen LogP contribution in [0.1, 0.15) is 12.8 Å². The van der Waals surface area contributed by atoms with Gasteiger partial charge in [-0.1, -0.05) is 0 Å². The van der Waals surface area contributed by atoms with Gasteiger partial charge in [-0.15, -0.1) is 0 Å². The summed E-state index contributed by atoms with van der Waals surface area (Å²) < 4.78 is 0. The lowest BCUT2D eigenvalue weighted by Crippen LogP contribution is -2.36. The molecule has 3 rings (SSSR count). The Hall–Kier alpha value is -2.08. The smallest absolute Gasteiger partial charge is 0.135 e. The summed E-state index contributed by atoms with van der Waals surface area (Å²) in [5.41, 5.74) is 0.971. The highest BCUT2D eigenvalue weighted by Crippen LogP contribution is 2.21. The van der Waals surface area contributed by atoms with Crippen LogP contribution in [0.3, 0.4) is 0 Å². The Kier molecular flexibility index (Phi) is 3.33. The fourth-order valence-electron chi connectivity index (χ4n) is 2.23. The molecule has 100 valence electrons. The number of aliphatic hydroxyl groups excluding tert-OH is 1. The molecule has 0 saturated carbocycles. The summed E-state index contributed by atoms with van der Waals surface area (Å²) in [4.78, 5) is 13.7. The van der Waals surface area contributed by atoms with E-state index in [1.54, 1.807) is 6.33 Å². The van der Waals surface area contributed by atoms with E-state index in [2.05, 4.69) is 25.2 Å². The first-order valence-electron chi connectivity index (χ1n) is 6.46. The zero-order chi connectivity index (χ0) is 13.1. The molecule has 1 aliphatic heterocycles. The van der Waals surface area contributed by atoms with Crippen LogP contribution >= 0.6 is 0 Å². The number of aliphatic hydroxyl groups is 1. The van der Waals surface area contributed by atoms with Crippen molar-refractivity contribution >= 4 is 17.3 Å². The van der Waals surface area contributed by atoms with Gasteiger partial charge in [0.1, 0.15) is 18.0 Å². The van der Waals surface area contributed by atoms with Crippen molar-refractivity contribution in [2.45, 2.75) is 18.9 Å². The van der Waals surface area contributed by atoms with Gasteiger partial charge >= 0.3 is 0 Å². The molecule has 0 atom stereocenters. The summed E-state index contributed by atoms with van der Waals surface area (Å²) in [6, 6.07) is 3.88. The fraction of sp³-hybridized carbons (Fsp3) is 0.385. The number of hydrogen-bond acceptors (Lipinski definition) is 5. The summed E-state index contributed by atoms with van der Waals surface area (Å²) in [6.45, 7) is 1.67. The maximum atomic E-state index is 9.52. The summed E-state index contributed by atoms with van der Waals surface area (Å²) in [6.07, 6.45) is 6.72. The molecule has 3 heterocycles. The van der Waals surface area contributed by atoms with Crippen molar-refractivity contribution in [3.8, 4) is 0 Å². The van der Waals surface area contributed by atoms with Crippen LogP contribution in [0.2, 0.25) is 0 Å². The molecule has 1 saturated heterocycles. The zero-order valence-electron chi connectivity index (χ0n) is 10.6. The molecule has 6 nitrogen and oxygen atoms in total. The average Bonchev–Trinajstić information content (AvgIpc) is 2.93. The van der Waals surface area contributed by atoms with Crippen molar-refractivity contribution in [3.63, 3.8) is 0 Å². The molecule has 0 aromatic carbocycles. The van der Waals surface area contributed by atoms with Gasteiger partial charge in [0.2, 0.25) is 0 Å². The minimum absolute atomic E-state index is 0.171. The lowest BCUT2D eigenvalue weighted by molar-refractivity contribution is 0.145. The SMILES string of the molecule is OC1CCN(c2cc(Nc3cc[nH]c3)ncn2)CC1. The van der Waals surface area contributed by atoms with E-state index >= 15 is 0 Å². The molecular formula is C13H17N5O. The molecule has 0 amide bonds. The van der Waals surface area contributed by atoms with E-state index in [1.165, 1.54) is 0 Å². The summed E-state index contributed by atoms with van der Waals surface area (Å²) >= 11 is 0. The molecule has 1 aliphatic rings. The van der Waals surface area contributed by atoms with E-state index in [0.29, 0.717) is 0 Å². The lowest BCUT2D eigenvalue weighted by atomic mass is 10.1. The van der Waals surface area contributed by atoms with Gasteiger partial charge in [-0.2, -0.15) is 0 Å². The van der Waals surface area contributed by atoms with Crippen LogP contribution in [0.4, 0.5) is 17.3 Å². The van der Waals surface area contributed by atoms with Crippen molar-refractivity contribution in [2.75, 3.05) is 23.3 Å². The first-order valence-corrected chi connectivity index (χ1v) is 6.46. The molecule has 2 aromatic rings. The molecule has 2 aromatic heterocycles. The van der Waals surface area contributed by atoms with E-state index in [1.807, 2.05) is 24.5 Å². The number of nitrogens with zero attached hydrogens (tertiary/aromatic N) is 3. The Bertz CT molecular complexity index is 520. The first kappa shape index (κ1) is 12.0. The monoisotopic (exact) mass is 259 g/mol. The second kappa shape index (κ2) is 5.27. The highest BCUT2D eigenvalue weighted by molar-refractivity contribution is 5.58. The van der Waals surface area contributed by atoms with E-state index in [4.69, 9.17) is 0 Å². The van der Waals surface area contributed by atoms with Crippen LogP contribution in [0.15, 0.2) is 30.9 Å². The number of rotatable bonds is 3. The lowest BCUT2D eigenvalue weighted by Gasteiger charge is -2.30. The minimum Gasteiger partial charge on any atom is -0.393 e. The number of H-pyrrole nitrogens is 1. The highest BCUT2D eigenvalue weighted by Gasteiger charge is 2.18. The number of anilines is 3. The summed E-state index contributed by atoms with van der Waals surface area (Å²) in [5.74, 6) is 1.68. The second-order valence-electron chi connectivity index (χ2n) is 4.70. The molecule has 19 heavy (non-hydrogen) atoms. The molecule has 0 bridgehead atoms. The number of aromatic nitrogens is 3. The number of hydrogen-bond donors (Lipinski definition) is 3. The van der Waals surface area contributed by atoms with E-state index < -0.39 is 0 Å². The Balaban J connectivity index is 1.72. The van der Waals surface area contributed by atoms with Gasteiger partial charge in [-0.3, -0.25) is 0 Å². The van der Waals surface area contributed by atoms with Crippen LogP contribution in [0.25, 0.3) is 0 Å². The van der Waals surface area contributed by atoms with Crippen LogP contribution in [0.5, 0.6) is 0 Å². The van der Waals surface area contributed by atoms with Gasteiger partial charge in [-0.25, -0.2) is 9.97 Å². The van der Waals surface area contributed by atoms with Gasteiger partial charge in [0, 0.05) is 31.5 Å². The van der Waals surface area contributed by atoms with Crippen LogP contribution in [-0.2, 0) is 0 Å². The third-order valence-corrected chi connectivity index (χ3v) is 3.31. The normalized spacial score (nSPS) is 16.6. The molecule has 0 unspecified atom stereocenters. The number of aromatic amines is 1. The zero-order valence-corrected chi connectivity index (χ0v) is 10.6. The van der Waals surface area contributed by atoms with Crippen molar-refractivity contribution < 1.29 is 5.11 Å². The van der Waals surface area contributed by atoms with Crippen molar-refractivity contribution in [2.24, 2.45) is 0 Å². The van der Waals surface area contributed by atoms with Crippen LogP contribution in [0, 0.1) is 0 Å². The Morgan fingerprint density at radius 1 is 1.32 bits per heavy atom. The number of nitrogens with one attached hydrogen (secondary N) is 2. The Labute approximate surface area is 111 Å². The standard InChI is InChI=1S/C13H17N5O/c19-11-2-5-18(6-3-11)13-7-12(15-9-16-13)17-10-1-4-14-8-10/h1,4,7-9,11,14,19H,2-3,5-6H2,(H,15,16,17). The molecular weight excluding hydrogens is 242 g/mol.